The summed E-state index contributed by atoms with van der Waals surface area (Å²) >= 11 is 0. The first-order valence-electron chi connectivity index (χ1n) is 13.7. The molecule has 0 bridgehead atoms. The number of nitrogens with two attached hydrogens (primary N) is 1. The van der Waals surface area contributed by atoms with Crippen molar-refractivity contribution in [2.24, 2.45) is 5.73 Å². The van der Waals surface area contributed by atoms with Gasteiger partial charge in [-0.2, -0.15) is 0 Å². The second-order valence-electron chi connectivity index (χ2n) is 10.0. The first kappa shape index (κ1) is 29.6. The Bertz CT molecular complexity index is 1510. The number of aliphatic carboxylic acids is 1. The summed E-state index contributed by atoms with van der Waals surface area (Å²) in [5.74, 6) is 0.411. The summed E-state index contributed by atoms with van der Waals surface area (Å²) in [6.45, 7) is 6.59. The van der Waals surface area contributed by atoms with E-state index in [2.05, 4.69) is 11.5 Å². The molecule has 4 aromatic rings. The van der Waals surface area contributed by atoms with Crippen molar-refractivity contribution in [1.82, 2.24) is 4.90 Å². The minimum Gasteiger partial charge on any atom is -0.496 e. The SMILES string of the molecule is C=C(N)c1c(F)cccc1CN1CCCC1.COc1cccc(OC)c1-c1cccc2c(CCC(=O)O)cccc12. The highest BCUT2D eigenvalue weighted by atomic mass is 19.1. The van der Waals surface area contributed by atoms with Crippen LogP contribution in [0.4, 0.5) is 4.39 Å². The number of nitrogens with zero attached hydrogens (tertiary/aromatic N) is 1. The predicted octanol–water partition coefficient (Wildman–Crippen LogP) is 6.89. The highest BCUT2D eigenvalue weighted by molar-refractivity contribution is 6.01. The van der Waals surface area contributed by atoms with Crippen LogP contribution in [0.2, 0.25) is 0 Å². The van der Waals surface area contributed by atoms with Gasteiger partial charge in [-0.05, 0) is 78.0 Å². The van der Waals surface area contributed by atoms with Gasteiger partial charge in [0.25, 0.3) is 0 Å². The number of aryl methyl sites for hydroxylation is 1. The molecule has 214 valence electrons. The average Bonchev–Trinajstić information content (AvgIpc) is 3.48. The zero-order chi connectivity index (χ0) is 29.4. The minimum atomic E-state index is -0.792. The fourth-order valence-electron chi connectivity index (χ4n) is 5.41. The van der Waals surface area contributed by atoms with Crippen LogP contribution >= 0.6 is 0 Å². The minimum absolute atomic E-state index is 0.112. The van der Waals surface area contributed by atoms with Gasteiger partial charge in [0.2, 0.25) is 0 Å². The van der Waals surface area contributed by atoms with E-state index in [1.54, 1.807) is 20.3 Å². The number of carboxylic acid groups (broad SMARTS) is 1. The lowest BCUT2D eigenvalue weighted by Gasteiger charge is -2.17. The molecule has 0 spiro atoms. The van der Waals surface area contributed by atoms with E-state index in [1.807, 2.05) is 60.7 Å². The Kier molecular flexibility index (Phi) is 9.98. The Hall–Kier alpha value is -4.36. The van der Waals surface area contributed by atoms with Crippen LogP contribution in [0.5, 0.6) is 11.5 Å². The second kappa shape index (κ2) is 13.8. The molecule has 0 amide bonds. The molecule has 0 atom stereocenters. The lowest BCUT2D eigenvalue weighted by Crippen LogP contribution is -2.20. The van der Waals surface area contributed by atoms with E-state index in [0.29, 0.717) is 17.7 Å². The van der Waals surface area contributed by atoms with Crippen LogP contribution < -0.4 is 15.2 Å². The summed E-state index contributed by atoms with van der Waals surface area (Å²) in [5.41, 5.74) is 10.3. The maximum atomic E-state index is 13.6. The monoisotopic (exact) mass is 556 g/mol. The van der Waals surface area contributed by atoms with Crippen LogP contribution in [-0.4, -0.2) is 43.3 Å². The second-order valence-corrected chi connectivity index (χ2v) is 10.0. The molecule has 3 N–H and O–H groups in total. The van der Waals surface area contributed by atoms with Gasteiger partial charge in [-0.15, -0.1) is 0 Å². The van der Waals surface area contributed by atoms with Gasteiger partial charge < -0.3 is 20.3 Å². The van der Waals surface area contributed by atoms with Crippen LogP contribution in [0.15, 0.2) is 79.4 Å². The van der Waals surface area contributed by atoms with Crippen LogP contribution in [-0.2, 0) is 17.8 Å². The first-order chi connectivity index (χ1) is 19.8. The van der Waals surface area contributed by atoms with Gasteiger partial charge in [0.15, 0.2) is 0 Å². The van der Waals surface area contributed by atoms with Crippen LogP contribution in [0.1, 0.15) is 36.0 Å². The highest BCUT2D eigenvalue weighted by Crippen LogP contribution is 2.42. The van der Waals surface area contributed by atoms with E-state index < -0.39 is 5.97 Å². The third kappa shape index (κ3) is 7.05. The van der Waals surface area contributed by atoms with Crippen molar-refractivity contribution in [3.05, 3.63) is 102 Å². The average molecular weight is 557 g/mol. The van der Waals surface area contributed by atoms with Crippen molar-refractivity contribution in [1.29, 1.82) is 0 Å². The number of benzene rings is 4. The smallest absolute Gasteiger partial charge is 0.303 e. The zero-order valence-electron chi connectivity index (χ0n) is 23.7. The standard InChI is InChI=1S/C21H20O4.C13H17FN2/c1-24-18-10-5-11-19(25-2)21(18)17-9-4-7-15-14(12-13-20(22)23)6-3-8-16(15)17;1-10(15)13-11(5-4-6-12(13)14)9-16-7-2-3-8-16/h3-11H,12-13H2,1-2H3,(H,22,23);4-6H,1-3,7-9,15H2. The van der Waals surface area contributed by atoms with E-state index >= 15 is 0 Å². The lowest BCUT2D eigenvalue weighted by molar-refractivity contribution is -0.136. The molecule has 6 nitrogen and oxygen atoms in total. The highest BCUT2D eigenvalue weighted by Gasteiger charge is 2.17. The number of fused-ring (bicyclic) bond motifs is 1. The molecule has 1 saturated heterocycles. The molecule has 0 aliphatic carbocycles. The molecule has 4 aromatic carbocycles. The number of carbonyl (C=O) groups is 1. The molecular weight excluding hydrogens is 519 g/mol. The third-order valence-electron chi connectivity index (χ3n) is 7.33. The Balaban J connectivity index is 0.000000208. The molecule has 0 saturated carbocycles. The molecule has 1 aliphatic rings. The number of halogens is 1. The summed E-state index contributed by atoms with van der Waals surface area (Å²) in [5, 5.41) is 11.1. The van der Waals surface area contributed by atoms with Crippen LogP contribution in [0.25, 0.3) is 27.6 Å². The summed E-state index contributed by atoms with van der Waals surface area (Å²) < 4.78 is 24.7. The number of ether oxygens (including phenoxy) is 2. The normalized spacial score (nSPS) is 13.0. The number of carboxylic acids is 1. The Morgan fingerprint density at radius 2 is 1.49 bits per heavy atom. The zero-order valence-corrected chi connectivity index (χ0v) is 23.7. The molecule has 0 unspecified atom stereocenters. The fourth-order valence-corrected chi connectivity index (χ4v) is 5.41. The third-order valence-corrected chi connectivity index (χ3v) is 7.33. The molecule has 1 aliphatic heterocycles. The Morgan fingerprint density at radius 1 is 0.902 bits per heavy atom. The van der Waals surface area contributed by atoms with Gasteiger partial charge in [-0.25, -0.2) is 4.39 Å². The quantitative estimate of drug-likeness (QED) is 0.234. The predicted molar refractivity (Wildman–Crippen MR) is 163 cm³/mol. The van der Waals surface area contributed by atoms with Crippen molar-refractivity contribution in [2.75, 3.05) is 27.3 Å². The molecule has 0 radical (unpaired) electrons. The van der Waals surface area contributed by atoms with Gasteiger partial charge in [-0.3, -0.25) is 9.69 Å². The van der Waals surface area contributed by atoms with Gasteiger partial charge in [0.05, 0.1) is 19.8 Å². The molecule has 1 heterocycles. The van der Waals surface area contributed by atoms with Crippen molar-refractivity contribution in [2.45, 2.75) is 32.2 Å². The van der Waals surface area contributed by atoms with E-state index in [9.17, 15) is 9.18 Å². The largest absolute Gasteiger partial charge is 0.496 e. The van der Waals surface area contributed by atoms with E-state index in [4.69, 9.17) is 20.3 Å². The first-order valence-corrected chi connectivity index (χ1v) is 13.7. The van der Waals surface area contributed by atoms with Crippen molar-refractivity contribution >= 4 is 22.4 Å². The van der Waals surface area contributed by atoms with Gasteiger partial charge in [0.1, 0.15) is 17.3 Å². The van der Waals surface area contributed by atoms with Crippen molar-refractivity contribution < 1.29 is 23.8 Å². The lowest BCUT2D eigenvalue weighted by atomic mass is 9.93. The topological polar surface area (TPSA) is 85.0 Å². The Morgan fingerprint density at radius 3 is 2.12 bits per heavy atom. The number of hydrogen-bond acceptors (Lipinski definition) is 5. The molecule has 41 heavy (non-hydrogen) atoms. The van der Waals surface area contributed by atoms with Crippen LogP contribution in [0.3, 0.4) is 0 Å². The van der Waals surface area contributed by atoms with Crippen LogP contribution in [0, 0.1) is 5.82 Å². The molecule has 1 fully saturated rings. The van der Waals surface area contributed by atoms with Gasteiger partial charge in [0, 0.05) is 24.2 Å². The van der Waals surface area contributed by atoms with Crippen molar-refractivity contribution in [3.8, 4) is 22.6 Å². The van der Waals surface area contributed by atoms with E-state index in [1.165, 1.54) is 18.9 Å². The number of likely N-dealkylation sites (tertiary alicyclic amines) is 1. The van der Waals surface area contributed by atoms with Gasteiger partial charge >= 0.3 is 5.97 Å². The number of methoxy groups -OCH3 is 2. The van der Waals surface area contributed by atoms with E-state index in [-0.39, 0.29) is 12.2 Å². The molecule has 5 rings (SSSR count). The summed E-state index contributed by atoms with van der Waals surface area (Å²) in [6, 6.07) is 22.8. The summed E-state index contributed by atoms with van der Waals surface area (Å²) in [7, 11) is 3.28. The molecular formula is C34H37FN2O4. The molecule has 0 aromatic heterocycles. The summed E-state index contributed by atoms with van der Waals surface area (Å²) in [6.07, 6.45) is 3.07. The number of hydrogen-bond donors (Lipinski definition) is 2. The Labute approximate surface area is 240 Å². The maximum absolute atomic E-state index is 13.6. The molecule has 7 heteroatoms. The fraction of sp³-hybridized carbons (Fsp3) is 0.265. The number of rotatable bonds is 9. The van der Waals surface area contributed by atoms with Crippen molar-refractivity contribution in [3.63, 3.8) is 0 Å². The maximum Gasteiger partial charge on any atom is 0.303 e. The van der Waals surface area contributed by atoms with Gasteiger partial charge in [-0.1, -0.05) is 61.2 Å². The van der Waals surface area contributed by atoms with E-state index in [0.717, 1.165) is 64.2 Å². The summed E-state index contributed by atoms with van der Waals surface area (Å²) in [4.78, 5) is 13.3.